The summed E-state index contributed by atoms with van der Waals surface area (Å²) < 4.78 is 58.9. The van der Waals surface area contributed by atoms with Crippen LogP contribution in [0, 0.1) is 5.82 Å². The predicted octanol–water partition coefficient (Wildman–Crippen LogP) is 5.46. The van der Waals surface area contributed by atoms with E-state index in [0.29, 0.717) is 17.3 Å². The average Bonchev–Trinajstić information content (AvgIpc) is 2.68. The molecule has 2 aromatic carbocycles. The van der Waals surface area contributed by atoms with Gasteiger partial charge in [0.2, 0.25) is 5.88 Å². The number of alkyl halides is 3. The lowest BCUT2D eigenvalue weighted by Crippen LogP contribution is -2.22. The smallest absolute Gasteiger partial charge is 0.439 e. The van der Waals surface area contributed by atoms with Crippen molar-refractivity contribution < 1.29 is 27.0 Å². The summed E-state index contributed by atoms with van der Waals surface area (Å²) in [4.78, 5) is 8.26. The zero-order valence-corrected chi connectivity index (χ0v) is 18.1. The van der Waals surface area contributed by atoms with E-state index in [9.17, 15) is 17.6 Å². The van der Waals surface area contributed by atoms with Crippen LogP contribution in [0.4, 0.5) is 23.2 Å². The number of rotatable bonds is 6. The minimum absolute atomic E-state index is 0. The fourth-order valence-corrected chi connectivity index (χ4v) is 2.32. The van der Waals surface area contributed by atoms with Crippen LogP contribution >= 0.6 is 24.0 Å². The van der Waals surface area contributed by atoms with E-state index in [0.717, 1.165) is 17.7 Å². The van der Waals surface area contributed by atoms with Crippen molar-refractivity contribution in [3.05, 3.63) is 78.2 Å². The zero-order chi connectivity index (χ0) is 21.6. The average molecular weight is 548 g/mol. The maximum atomic E-state index is 13.2. The van der Waals surface area contributed by atoms with Crippen molar-refractivity contribution in [1.82, 2.24) is 4.98 Å². The van der Waals surface area contributed by atoms with Crippen molar-refractivity contribution in [3.63, 3.8) is 0 Å². The first kappa shape index (κ1) is 24.2. The Morgan fingerprint density at radius 3 is 2.39 bits per heavy atom. The summed E-state index contributed by atoms with van der Waals surface area (Å²) in [6, 6.07) is 14.1. The van der Waals surface area contributed by atoms with Crippen LogP contribution in [0.2, 0.25) is 0 Å². The minimum atomic E-state index is -4.75. The van der Waals surface area contributed by atoms with Crippen LogP contribution in [0.25, 0.3) is 0 Å². The summed E-state index contributed by atoms with van der Waals surface area (Å²) in [7, 11) is 0. The number of hydrogen-bond donors (Lipinski definition) is 2. The molecule has 6 nitrogen and oxygen atoms in total. The molecule has 1 aromatic heterocycles. The molecule has 0 unspecified atom stereocenters. The van der Waals surface area contributed by atoms with Crippen LogP contribution in [0.3, 0.4) is 0 Å². The second kappa shape index (κ2) is 10.8. The van der Waals surface area contributed by atoms with Crippen LogP contribution in [0.15, 0.2) is 71.9 Å². The quantitative estimate of drug-likeness (QED) is 0.185. The molecule has 3 aromatic rings. The van der Waals surface area contributed by atoms with E-state index in [1.54, 1.807) is 18.2 Å². The number of aliphatic imine (C=N–C) groups is 1. The van der Waals surface area contributed by atoms with Crippen molar-refractivity contribution in [2.45, 2.75) is 12.9 Å². The number of ether oxygens (including phenoxy) is 2. The molecule has 1 heterocycles. The summed E-state index contributed by atoms with van der Waals surface area (Å²) in [6.07, 6.45) is -3.21. The molecular weight excluding hydrogens is 531 g/mol. The van der Waals surface area contributed by atoms with Gasteiger partial charge < -0.3 is 20.5 Å². The third-order valence-electron chi connectivity index (χ3n) is 3.61. The van der Waals surface area contributed by atoms with Crippen LogP contribution in [-0.4, -0.2) is 17.3 Å². The van der Waals surface area contributed by atoms with Gasteiger partial charge >= 0.3 is 6.36 Å². The highest BCUT2D eigenvalue weighted by atomic mass is 127. The van der Waals surface area contributed by atoms with Crippen molar-refractivity contribution in [2.75, 3.05) is 5.32 Å². The highest BCUT2D eigenvalue weighted by Gasteiger charge is 2.30. The second-order valence-electron chi connectivity index (χ2n) is 5.96. The standard InChI is InChI=1S/C20H16F4N4O2.HI/c21-14-2-1-3-17(10-14)29-18-9-4-13(11-26-18)12-27-19(25)28-15-5-7-16(8-6-15)30-20(22,23)24;/h1-11H,12H2,(H3,25,27,28);1H. The van der Waals surface area contributed by atoms with E-state index in [-0.39, 0.29) is 42.2 Å². The first-order valence-electron chi connectivity index (χ1n) is 8.58. The largest absolute Gasteiger partial charge is 0.573 e. The maximum Gasteiger partial charge on any atom is 0.573 e. The third-order valence-corrected chi connectivity index (χ3v) is 3.61. The molecule has 11 heteroatoms. The Morgan fingerprint density at radius 2 is 1.77 bits per heavy atom. The van der Waals surface area contributed by atoms with Crippen LogP contribution in [0.5, 0.6) is 17.4 Å². The van der Waals surface area contributed by atoms with E-state index < -0.39 is 12.2 Å². The number of aromatic nitrogens is 1. The third kappa shape index (κ3) is 8.28. The number of pyridine rings is 1. The van der Waals surface area contributed by atoms with Gasteiger partial charge in [-0.2, -0.15) is 0 Å². The number of nitrogens with one attached hydrogen (secondary N) is 1. The molecule has 0 spiro atoms. The van der Waals surface area contributed by atoms with E-state index in [1.807, 2.05) is 0 Å². The van der Waals surface area contributed by atoms with E-state index in [4.69, 9.17) is 10.5 Å². The molecule has 0 fully saturated rings. The molecule has 0 atom stereocenters. The monoisotopic (exact) mass is 548 g/mol. The molecule has 31 heavy (non-hydrogen) atoms. The minimum Gasteiger partial charge on any atom is -0.439 e. The predicted molar refractivity (Wildman–Crippen MR) is 118 cm³/mol. The number of nitrogens with two attached hydrogens (primary N) is 1. The molecular formula is C20H17F4IN4O2. The first-order chi connectivity index (χ1) is 14.3. The van der Waals surface area contributed by atoms with Gasteiger partial charge in [0, 0.05) is 24.0 Å². The highest BCUT2D eigenvalue weighted by molar-refractivity contribution is 14.0. The topological polar surface area (TPSA) is 81.8 Å². The van der Waals surface area contributed by atoms with Gasteiger partial charge in [-0.25, -0.2) is 14.4 Å². The summed E-state index contributed by atoms with van der Waals surface area (Å²) in [5.74, 6) is -0.0623. The van der Waals surface area contributed by atoms with E-state index in [2.05, 4.69) is 20.0 Å². The molecule has 0 amide bonds. The lowest BCUT2D eigenvalue weighted by molar-refractivity contribution is -0.274. The molecule has 0 saturated heterocycles. The fourth-order valence-electron chi connectivity index (χ4n) is 2.32. The van der Waals surface area contributed by atoms with Gasteiger partial charge in [-0.15, -0.1) is 37.1 Å². The van der Waals surface area contributed by atoms with Gasteiger partial charge in [0.25, 0.3) is 0 Å². The first-order valence-corrected chi connectivity index (χ1v) is 8.58. The highest BCUT2D eigenvalue weighted by Crippen LogP contribution is 2.24. The van der Waals surface area contributed by atoms with E-state index >= 15 is 0 Å². The number of benzene rings is 2. The molecule has 0 aliphatic rings. The van der Waals surface area contributed by atoms with Gasteiger partial charge in [0.05, 0.1) is 6.54 Å². The number of anilines is 1. The molecule has 0 radical (unpaired) electrons. The van der Waals surface area contributed by atoms with Gasteiger partial charge in [-0.3, -0.25) is 0 Å². The Labute approximate surface area is 192 Å². The van der Waals surface area contributed by atoms with Gasteiger partial charge in [-0.1, -0.05) is 12.1 Å². The molecule has 3 N–H and O–H groups in total. The number of nitrogens with zero attached hydrogens (tertiary/aromatic N) is 2. The maximum absolute atomic E-state index is 13.2. The second-order valence-corrected chi connectivity index (χ2v) is 5.96. The Balaban J connectivity index is 0.00000341. The Kier molecular flexibility index (Phi) is 8.42. The SMILES string of the molecule is I.NC(=NCc1ccc(Oc2cccc(F)c2)nc1)Nc1ccc(OC(F)(F)F)cc1. The zero-order valence-electron chi connectivity index (χ0n) is 15.8. The van der Waals surface area contributed by atoms with Crippen molar-refractivity contribution in [3.8, 4) is 17.4 Å². The summed E-state index contributed by atoms with van der Waals surface area (Å²) in [5.41, 5.74) is 6.97. The lowest BCUT2D eigenvalue weighted by atomic mass is 10.3. The van der Waals surface area contributed by atoms with Gasteiger partial charge in [0.1, 0.15) is 17.3 Å². The molecule has 3 rings (SSSR count). The van der Waals surface area contributed by atoms with E-state index in [1.165, 1.54) is 36.5 Å². The van der Waals surface area contributed by atoms with Crippen molar-refractivity contribution in [2.24, 2.45) is 10.7 Å². The number of guanidine groups is 1. The summed E-state index contributed by atoms with van der Waals surface area (Å²) in [6.45, 7) is 0.210. The number of halogens is 5. The van der Waals surface area contributed by atoms with Crippen LogP contribution in [0.1, 0.15) is 5.56 Å². The Morgan fingerprint density at radius 1 is 1.03 bits per heavy atom. The molecule has 164 valence electrons. The molecule has 0 aliphatic carbocycles. The van der Waals surface area contributed by atoms with Gasteiger partial charge in [0.15, 0.2) is 5.96 Å². The molecule has 0 aliphatic heterocycles. The molecule has 0 saturated carbocycles. The lowest BCUT2D eigenvalue weighted by Gasteiger charge is -2.10. The van der Waals surface area contributed by atoms with Crippen molar-refractivity contribution in [1.29, 1.82) is 0 Å². The summed E-state index contributed by atoms with van der Waals surface area (Å²) in [5, 5.41) is 2.76. The Hall–Kier alpha value is -3.09. The van der Waals surface area contributed by atoms with Crippen LogP contribution in [-0.2, 0) is 6.54 Å². The number of hydrogen-bond acceptors (Lipinski definition) is 4. The van der Waals surface area contributed by atoms with Crippen molar-refractivity contribution >= 4 is 35.6 Å². The molecule has 0 bridgehead atoms. The fraction of sp³-hybridized carbons (Fsp3) is 0.100. The van der Waals surface area contributed by atoms with Crippen LogP contribution < -0.4 is 20.5 Å². The van der Waals surface area contributed by atoms with Gasteiger partial charge in [-0.05, 0) is 42.0 Å². The summed E-state index contributed by atoms with van der Waals surface area (Å²) >= 11 is 0. The normalized spacial score (nSPS) is 11.4. The Bertz CT molecular complexity index is 1010.